The summed E-state index contributed by atoms with van der Waals surface area (Å²) in [5.41, 5.74) is 0. The molecule has 1 fully saturated rings. The molecule has 0 N–H and O–H groups in total. The van der Waals surface area contributed by atoms with Crippen LogP contribution in [-0.2, 0) is 4.74 Å². The Labute approximate surface area is 69.7 Å². The van der Waals surface area contributed by atoms with Gasteiger partial charge < -0.3 is 4.74 Å². The summed E-state index contributed by atoms with van der Waals surface area (Å²) in [6.45, 7) is -3.05. The first-order valence-corrected chi connectivity index (χ1v) is 3.42. The fourth-order valence-corrected chi connectivity index (χ4v) is 1.03. The first kappa shape index (κ1) is 10.6. The third-order valence-electron chi connectivity index (χ3n) is 1.88. The summed E-state index contributed by atoms with van der Waals surface area (Å²) in [5.74, 6) is -7.42. The molecule has 0 aromatic heterocycles. The Bertz CT molecular complexity index is 194. The molecular formula is C6H6F6O. The molecule has 78 valence electrons. The van der Waals surface area contributed by atoms with E-state index in [9.17, 15) is 26.3 Å². The van der Waals surface area contributed by atoms with E-state index >= 15 is 0 Å². The van der Waals surface area contributed by atoms with Gasteiger partial charge >= 0.3 is 12.0 Å². The zero-order valence-corrected chi connectivity index (χ0v) is 6.24. The van der Waals surface area contributed by atoms with Gasteiger partial charge in [-0.2, -0.15) is 17.6 Å². The Hall–Kier alpha value is -0.460. The van der Waals surface area contributed by atoms with E-state index in [1.54, 1.807) is 0 Å². The Kier molecular flexibility index (Phi) is 2.48. The van der Waals surface area contributed by atoms with Crippen molar-refractivity contribution in [3.63, 3.8) is 0 Å². The number of rotatable bonds is 1. The minimum Gasteiger partial charge on any atom is -0.313 e. The van der Waals surface area contributed by atoms with Crippen LogP contribution < -0.4 is 0 Å². The molecule has 2 atom stereocenters. The van der Waals surface area contributed by atoms with Crippen molar-refractivity contribution < 1.29 is 31.1 Å². The van der Waals surface area contributed by atoms with E-state index in [0.29, 0.717) is 0 Å². The van der Waals surface area contributed by atoms with Gasteiger partial charge in [-0.3, -0.25) is 4.39 Å². The van der Waals surface area contributed by atoms with Crippen LogP contribution in [0.1, 0.15) is 0 Å². The van der Waals surface area contributed by atoms with E-state index < -0.39 is 37.4 Å². The third-order valence-corrected chi connectivity index (χ3v) is 1.88. The van der Waals surface area contributed by atoms with Crippen LogP contribution in [0.2, 0.25) is 0 Å². The molecule has 1 nitrogen and oxygen atoms in total. The van der Waals surface area contributed by atoms with Crippen molar-refractivity contribution in [2.45, 2.75) is 18.2 Å². The van der Waals surface area contributed by atoms with Crippen molar-refractivity contribution in [1.29, 1.82) is 0 Å². The average molecular weight is 208 g/mol. The zero-order valence-electron chi connectivity index (χ0n) is 6.24. The normalized spacial score (nSPS) is 37.4. The van der Waals surface area contributed by atoms with Gasteiger partial charge in [0.1, 0.15) is 12.8 Å². The summed E-state index contributed by atoms with van der Waals surface area (Å²) < 4.78 is 77.3. The van der Waals surface area contributed by atoms with Crippen LogP contribution in [0.3, 0.4) is 0 Å². The average Bonchev–Trinajstić information content (AvgIpc) is 1.99. The minimum atomic E-state index is -4.79. The first-order chi connectivity index (χ1) is 5.83. The maximum atomic E-state index is 12.5. The van der Waals surface area contributed by atoms with Gasteiger partial charge in [0.25, 0.3) is 0 Å². The summed E-state index contributed by atoms with van der Waals surface area (Å²) >= 11 is 0. The molecule has 0 radical (unpaired) electrons. The van der Waals surface area contributed by atoms with Crippen LogP contribution in [0.4, 0.5) is 26.3 Å². The molecule has 13 heavy (non-hydrogen) atoms. The van der Waals surface area contributed by atoms with Gasteiger partial charge in [0.15, 0.2) is 0 Å². The molecule has 1 heterocycles. The second-order valence-corrected chi connectivity index (χ2v) is 2.73. The van der Waals surface area contributed by atoms with E-state index in [-0.39, 0.29) is 0 Å². The fraction of sp³-hybridized carbons (Fsp3) is 1.00. The van der Waals surface area contributed by atoms with Gasteiger partial charge in [-0.25, -0.2) is 4.39 Å². The first-order valence-electron chi connectivity index (χ1n) is 3.42. The highest BCUT2D eigenvalue weighted by Gasteiger charge is 2.67. The largest absolute Gasteiger partial charge is 0.420 e. The highest BCUT2D eigenvalue weighted by Crippen LogP contribution is 2.46. The number of alkyl halides is 6. The van der Waals surface area contributed by atoms with E-state index in [2.05, 4.69) is 4.74 Å². The zero-order chi connectivity index (χ0) is 10.3. The minimum absolute atomic E-state index is 1.21. The lowest BCUT2D eigenvalue weighted by Crippen LogP contribution is -2.57. The summed E-state index contributed by atoms with van der Waals surface area (Å²) in [7, 11) is 0. The number of ether oxygens (including phenoxy) is 1. The van der Waals surface area contributed by atoms with E-state index in [4.69, 9.17) is 0 Å². The molecule has 2 unspecified atom stereocenters. The van der Waals surface area contributed by atoms with Crippen molar-refractivity contribution in [3.8, 4) is 0 Å². The van der Waals surface area contributed by atoms with Crippen LogP contribution in [0.5, 0.6) is 0 Å². The predicted molar refractivity (Wildman–Crippen MR) is 30.2 cm³/mol. The summed E-state index contributed by atoms with van der Waals surface area (Å²) in [5, 5.41) is 0. The van der Waals surface area contributed by atoms with Crippen molar-refractivity contribution in [3.05, 3.63) is 0 Å². The lowest BCUT2D eigenvalue weighted by atomic mass is 9.94. The molecule has 0 amide bonds. The summed E-state index contributed by atoms with van der Waals surface area (Å²) in [6, 6.07) is 0. The Morgan fingerprint density at radius 2 is 1.77 bits per heavy atom. The van der Waals surface area contributed by atoms with Crippen LogP contribution in [0, 0.1) is 5.92 Å². The molecule has 7 heteroatoms. The van der Waals surface area contributed by atoms with Crippen LogP contribution in [-0.4, -0.2) is 31.5 Å². The van der Waals surface area contributed by atoms with Gasteiger partial charge in [-0.1, -0.05) is 0 Å². The number of hydrogen-bond acceptors (Lipinski definition) is 1. The fourth-order valence-electron chi connectivity index (χ4n) is 1.03. The van der Waals surface area contributed by atoms with E-state index in [1.807, 2.05) is 0 Å². The lowest BCUT2D eigenvalue weighted by Gasteiger charge is -2.37. The maximum absolute atomic E-state index is 12.5. The quantitative estimate of drug-likeness (QED) is 0.600. The highest BCUT2D eigenvalue weighted by molar-refractivity contribution is 4.93. The Morgan fingerprint density at radius 1 is 1.23 bits per heavy atom. The van der Waals surface area contributed by atoms with E-state index in [0.717, 1.165) is 0 Å². The van der Waals surface area contributed by atoms with Crippen LogP contribution in [0.15, 0.2) is 0 Å². The number of halogens is 6. The monoisotopic (exact) mass is 208 g/mol. The lowest BCUT2D eigenvalue weighted by molar-refractivity contribution is -0.394. The van der Waals surface area contributed by atoms with Crippen molar-refractivity contribution in [1.82, 2.24) is 0 Å². The smallest absolute Gasteiger partial charge is 0.313 e. The van der Waals surface area contributed by atoms with Crippen molar-refractivity contribution >= 4 is 0 Å². The molecule has 0 aliphatic carbocycles. The SMILES string of the molecule is FCC1C(F)COC(F)(F)C1(F)F. The molecule has 0 bridgehead atoms. The van der Waals surface area contributed by atoms with Gasteiger partial charge in [0.05, 0.1) is 12.5 Å². The van der Waals surface area contributed by atoms with E-state index in [1.165, 1.54) is 0 Å². The van der Waals surface area contributed by atoms with Gasteiger partial charge in [-0.15, -0.1) is 0 Å². The Balaban J connectivity index is 2.91. The van der Waals surface area contributed by atoms with Crippen LogP contribution in [0.25, 0.3) is 0 Å². The predicted octanol–water partition coefficient (Wildman–Crippen LogP) is 2.17. The molecule has 0 aromatic carbocycles. The topological polar surface area (TPSA) is 9.23 Å². The highest BCUT2D eigenvalue weighted by atomic mass is 19.3. The molecule has 0 saturated carbocycles. The molecular weight excluding hydrogens is 202 g/mol. The molecule has 0 spiro atoms. The molecule has 0 aromatic rings. The second-order valence-electron chi connectivity index (χ2n) is 2.73. The van der Waals surface area contributed by atoms with Gasteiger partial charge in [0.2, 0.25) is 0 Å². The number of hydrogen-bond donors (Lipinski definition) is 0. The van der Waals surface area contributed by atoms with Crippen molar-refractivity contribution in [2.75, 3.05) is 13.3 Å². The second kappa shape index (κ2) is 3.04. The van der Waals surface area contributed by atoms with Crippen molar-refractivity contribution in [2.24, 2.45) is 5.92 Å². The summed E-state index contributed by atoms with van der Waals surface area (Å²) in [6.07, 6.45) is -7.19. The molecule has 1 saturated heterocycles. The van der Waals surface area contributed by atoms with Gasteiger partial charge in [-0.05, 0) is 0 Å². The molecule has 1 aliphatic heterocycles. The Morgan fingerprint density at radius 3 is 2.15 bits per heavy atom. The van der Waals surface area contributed by atoms with Crippen LogP contribution >= 0.6 is 0 Å². The summed E-state index contributed by atoms with van der Waals surface area (Å²) in [4.78, 5) is 0. The standard InChI is InChI=1S/C6H6F6O/c7-1-3-4(8)2-13-6(11,12)5(3,9)10/h3-4H,1-2H2. The molecule has 1 rings (SSSR count). The third kappa shape index (κ3) is 1.49. The van der Waals surface area contributed by atoms with Gasteiger partial charge in [0, 0.05) is 0 Å². The maximum Gasteiger partial charge on any atom is 0.420 e. The molecule has 1 aliphatic rings.